The zero-order chi connectivity index (χ0) is 10.0. The van der Waals surface area contributed by atoms with Crippen LogP contribution in [0.15, 0.2) is 0 Å². The van der Waals surface area contributed by atoms with Gasteiger partial charge in [-0.1, -0.05) is 6.92 Å². The number of carbonyl (C=O) groups is 1. The molecule has 0 amide bonds. The Bertz CT molecular complexity index is 193. The van der Waals surface area contributed by atoms with Gasteiger partial charge in [0.1, 0.15) is 6.04 Å². The number of nitrogens with zero attached hydrogens (tertiary/aromatic N) is 1. The van der Waals surface area contributed by atoms with E-state index in [1.165, 1.54) is 6.42 Å². The standard InChI is InChI=1S/C10H19NO2/c1-7-5-4-6-11(8(7)2)9(3)10(12)13/h7-9H,4-6H2,1-3H3,(H,12,13). The summed E-state index contributed by atoms with van der Waals surface area (Å²) < 4.78 is 0. The lowest BCUT2D eigenvalue weighted by atomic mass is 9.91. The predicted octanol–water partition coefficient (Wildman–Crippen LogP) is 1.58. The van der Waals surface area contributed by atoms with E-state index in [-0.39, 0.29) is 6.04 Å². The fourth-order valence-electron chi connectivity index (χ4n) is 2.06. The van der Waals surface area contributed by atoms with Gasteiger partial charge in [-0.15, -0.1) is 0 Å². The molecule has 0 spiro atoms. The summed E-state index contributed by atoms with van der Waals surface area (Å²) in [4.78, 5) is 12.9. The third kappa shape index (κ3) is 2.21. The largest absolute Gasteiger partial charge is 0.480 e. The first-order valence-electron chi connectivity index (χ1n) is 5.02. The molecular formula is C10H19NO2. The molecule has 3 atom stereocenters. The molecule has 0 aromatic heterocycles. The summed E-state index contributed by atoms with van der Waals surface area (Å²) in [6.07, 6.45) is 2.35. The summed E-state index contributed by atoms with van der Waals surface area (Å²) in [5, 5.41) is 8.90. The van der Waals surface area contributed by atoms with Gasteiger partial charge in [0.25, 0.3) is 0 Å². The van der Waals surface area contributed by atoms with Crippen molar-refractivity contribution in [1.29, 1.82) is 0 Å². The van der Waals surface area contributed by atoms with Gasteiger partial charge in [-0.2, -0.15) is 0 Å². The lowest BCUT2D eigenvalue weighted by molar-refractivity contribution is -0.144. The van der Waals surface area contributed by atoms with Gasteiger partial charge in [0.05, 0.1) is 0 Å². The number of rotatable bonds is 2. The maximum absolute atomic E-state index is 10.8. The van der Waals surface area contributed by atoms with E-state index in [0.29, 0.717) is 12.0 Å². The molecule has 0 radical (unpaired) electrons. The first-order chi connectivity index (χ1) is 6.04. The first kappa shape index (κ1) is 10.5. The zero-order valence-corrected chi connectivity index (χ0v) is 8.66. The van der Waals surface area contributed by atoms with Gasteiger partial charge >= 0.3 is 5.97 Å². The fraction of sp³-hybridized carbons (Fsp3) is 0.900. The molecule has 0 aromatic carbocycles. The van der Waals surface area contributed by atoms with Crippen molar-refractivity contribution in [1.82, 2.24) is 4.90 Å². The van der Waals surface area contributed by atoms with Crippen LogP contribution in [-0.2, 0) is 4.79 Å². The van der Waals surface area contributed by atoms with E-state index in [1.807, 2.05) is 0 Å². The Morgan fingerprint density at radius 1 is 1.54 bits per heavy atom. The Morgan fingerprint density at radius 2 is 2.15 bits per heavy atom. The third-order valence-electron chi connectivity index (χ3n) is 3.28. The van der Waals surface area contributed by atoms with Crippen molar-refractivity contribution in [3.63, 3.8) is 0 Å². The second-order valence-electron chi connectivity index (χ2n) is 4.11. The van der Waals surface area contributed by atoms with Gasteiger partial charge in [0, 0.05) is 6.04 Å². The van der Waals surface area contributed by atoms with Gasteiger partial charge < -0.3 is 5.11 Å². The summed E-state index contributed by atoms with van der Waals surface area (Å²) in [5.41, 5.74) is 0. The van der Waals surface area contributed by atoms with Gasteiger partial charge in [-0.25, -0.2) is 0 Å². The predicted molar refractivity (Wildman–Crippen MR) is 51.7 cm³/mol. The maximum Gasteiger partial charge on any atom is 0.320 e. The van der Waals surface area contributed by atoms with Crippen LogP contribution in [0.5, 0.6) is 0 Å². The van der Waals surface area contributed by atoms with Crippen LogP contribution in [0.1, 0.15) is 33.6 Å². The Kier molecular flexibility index (Phi) is 3.31. The molecule has 1 N–H and O–H groups in total. The maximum atomic E-state index is 10.8. The number of piperidine rings is 1. The highest BCUT2D eigenvalue weighted by molar-refractivity contribution is 5.72. The molecule has 3 unspecified atom stereocenters. The van der Waals surface area contributed by atoms with Crippen molar-refractivity contribution < 1.29 is 9.90 Å². The molecule has 1 aliphatic heterocycles. The minimum absolute atomic E-state index is 0.335. The van der Waals surface area contributed by atoms with Crippen molar-refractivity contribution in [3.8, 4) is 0 Å². The summed E-state index contributed by atoms with van der Waals surface area (Å²) in [6, 6.07) is 0.0672. The Labute approximate surface area is 79.7 Å². The monoisotopic (exact) mass is 185 g/mol. The van der Waals surface area contributed by atoms with E-state index in [1.54, 1.807) is 6.92 Å². The van der Waals surface area contributed by atoms with E-state index in [4.69, 9.17) is 5.11 Å². The number of carboxylic acids is 1. The molecule has 0 bridgehead atoms. The van der Waals surface area contributed by atoms with Crippen LogP contribution in [0.2, 0.25) is 0 Å². The molecule has 1 heterocycles. The minimum atomic E-state index is -0.707. The second-order valence-corrected chi connectivity index (χ2v) is 4.11. The molecule has 1 saturated heterocycles. The van der Waals surface area contributed by atoms with Crippen LogP contribution >= 0.6 is 0 Å². The molecule has 76 valence electrons. The van der Waals surface area contributed by atoms with Crippen molar-refractivity contribution in [2.24, 2.45) is 5.92 Å². The van der Waals surface area contributed by atoms with Crippen LogP contribution in [0.25, 0.3) is 0 Å². The second kappa shape index (κ2) is 4.09. The quantitative estimate of drug-likeness (QED) is 0.710. The summed E-state index contributed by atoms with van der Waals surface area (Å²) >= 11 is 0. The van der Waals surface area contributed by atoms with Gasteiger partial charge in [-0.05, 0) is 39.2 Å². The summed E-state index contributed by atoms with van der Waals surface area (Å²) in [7, 11) is 0. The average Bonchev–Trinajstić information content (AvgIpc) is 2.08. The normalized spacial score (nSPS) is 32.8. The van der Waals surface area contributed by atoms with E-state index in [0.717, 1.165) is 13.0 Å². The fourth-order valence-corrected chi connectivity index (χ4v) is 2.06. The number of hydrogen-bond donors (Lipinski definition) is 1. The van der Waals surface area contributed by atoms with Gasteiger partial charge in [-0.3, -0.25) is 9.69 Å². The van der Waals surface area contributed by atoms with Gasteiger partial charge in [0.2, 0.25) is 0 Å². The SMILES string of the molecule is CC1CCCN(C(C)C(=O)O)C1C. The summed E-state index contributed by atoms with van der Waals surface area (Å²) in [5.74, 6) is -0.0866. The molecule has 0 aromatic rings. The molecule has 1 aliphatic rings. The Morgan fingerprint density at radius 3 is 2.69 bits per heavy atom. The highest BCUT2D eigenvalue weighted by atomic mass is 16.4. The average molecular weight is 185 g/mol. The molecule has 1 rings (SSSR count). The number of hydrogen-bond acceptors (Lipinski definition) is 2. The Hall–Kier alpha value is -0.570. The Balaban J connectivity index is 2.62. The van der Waals surface area contributed by atoms with Crippen LogP contribution in [0, 0.1) is 5.92 Å². The molecule has 0 aliphatic carbocycles. The van der Waals surface area contributed by atoms with Crippen molar-refractivity contribution >= 4 is 5.97 Å². The summed E-state index contributed by atoms with van der Waals surface area (Å²) in [6.45, 7) is 7.03. The third-order valence-corrected chi connectivity index (χ3v) is 3.28. The smallest absolute Gasteiger partial charge is 0.320 e. The zero-order valence-electron chi connectivity index (χ0n) is 8.66. The number of carboxylic acid groups (broad SMARTS) is 1. The molecule has 3 heteroatoms. The van der Waals surface area contributed by atoms with Crippen LogP contribution in [-0.4, -0.2) is 34.6 Å². The van der Waals surface area contributed by atoms with Gasteiger partial charge in [0.15, 0.2) is 0 Å². The highest BCUT2D eigenvalue weighted by Crippen LogP contribution is 2.24. The molecule has 0 saturated carbocycles. The van der Waals surface area contributed by atoms with Crippen molar-refractivity contribution in [3.05, 3.63) is 0 Å². The first-order valence-corrected chi connectivity index (χ1v) is 5.02. The highest BCUT2D eigenvalue weighted by Gasteiger charge is 2.30. The molecular weight excluding hydrogens is 166 g/mol. The molecule has 3 nitrogen and oxygen atoms in total. The molecule has 13 heavy (non-hydrogen) atoms. The van der Waals surface area contributed by atoms with Crippen molar-refractivity contribution in [2.75, 3.05) is 6.54 Å². The van der Waals surface area contributed by atoms with E-state index < -0.39 is 5.97 Å². The van der Waals surface area contributed by atoms with Crippen LogP contribution in [0.4, 0.5) is 0 Å². The number of likely N-dealkylation sites (tertiary alicyclic amines) is 1. The van der Waals surface area contributed by atoms with Crippen LogP contribution in [0.3, 0.4) is 0 Å². The lowest BCUT2D eigenvalue weighted by Crippen LogP contribution is -2.50. The van der Waals surface area contributed by atoms with Crippen molar-refractivity contribution in [2.45, 2.75) is 45.7 Å². The minimum Gasteiger partial charge on any atom is -0.480 e. The lowest BCUT2D eigenvalue weighted by Gasteiger charge is -2.40. The van der Waals surface area contributed by atoms with E-state index >= 15 is 0 Å². The molecule has 1 fully saturated rings. The van der Waals surface area contributed by atoms with E-state index in [2.05, 4.69) is 18.7 Å². The number of aliphatic carboxylic acids is 1. The van der Waals surface area contributed by atoms with E-state index in [9.17, 15) is 4.79 Å². The van der Waals surface area contributed by atoms with Crippen LogP contribution < -0.4 is 0 Å². The topological polar surface area (TPSA) is 40.5 Å².